The Morgan fingerprint density at radius 1 is 1.58 bits per heavy atom. The minimum atomic E-state index is 0.195. The molecule has 0 unspecified atom stereocenters. The summed E-state index contributed by atoms with van der Waals surface area (Å²) in [6.07, 6.45) is 0.562. The molecule has 0 saturated heterocycles. The van der Waals surface area contributed by atoms with Crippen molar-refractivity contribution in [3.63, 3.8) is 0 Å². The maximum atomic E-state index is 11.4. The molecule has 0 bridgehead atoms. The Morgan fingerprint density at radius 3 is 2.83 bits per heavy atom. The van der Waals surface area contributed by atoms with Crippen molar-refractivity contribution < 1.29 is 4.79 Å². The van der Waals surface area contributed by atoms with Crippen molar-refractivity contribution >= 4 is 44.3 Å². The summed E-state index contributed by atoms with van der Waals surface area (Å²) in [4.78, 5) is 11.4. The Balaban J connectivity index is 3.13. The second-order valence-electron chi connectivity index (χ2n) is 2.40. The molecule has 1 nitrogen and oxygen atoms in total. The van der Waals surface area contributed by atoms with Crippen LogP contribution in [0.5, 0.6) is 0 Å². The van der Waals surface area contributed by atoms with Gasteiger partial charge in [0.25, 0.3) is 0 Å². The van der Waals surface area contributed by atoms with Crippen LogP contribution in [0, 0.1) is 3.57 Å². The molecule has 1 aromatic rings. The van der Waals surface area contributed by atoms with Gasteiger partial charge in [0.2, 0.25) is 0 Å². The van der Waals surface area contributed by atoms with Gasteiger partial charge >= 0.3 is 0 Å². The van der Waals surface area contributed by atoms with Crippen LogP contribution in [0.3, 0.4) is 0 Å². The molecule has 0 spiro atoms. The molecule has 0 aliphatic carbocycles. The van der Waals surface area contributed by atoms with E-state index in [0.717, 1.165) is 13.6 Å². The fourth-order valence-electron chi connectivity index (χ4n) is 0.902. The van der Waals surface area contributed by atoms with E-state index in [0.29, 0.717) is 6.42 Å². The van der Waals surface area contributed by atoms with Gasteiger partial charge in [0.15, 0.2) is 5.78 Å². The van der Waals surface area contributed by atoms with Crippen molar-refractivity contribution in [1.82, 2.24) is 0 Å². The normalized spacial score (nSPS) is 9.92. The Hall–Kier alpha value is 0.1000. The second kappa shape index (κ2) is 4.37. The van der Waals surface area contributed by atoms with Gasteiger partial charge in [0.1, 0.15) is 0 Å². The van der Waals surface area contributed by atoms with E-state index in [2.05, 4.69) is 38.5 Å². The van der Waals surface area contributed by atoms with Gasteiger partial charge < -0.3 is 0 Å². The van der Waals surface area contributed by atoms with Gasteiger partial charge in [-0.25, -0.2) is 0 Å². The van der Waals surface area contributed by atoms with Crippen molar-refractivity contribution in [2.24, 2.45) is 0 Å². The van der Waals surface area contributed by atoms with E-state index in [9.17, 15) is 4.79 Å². The third-order valence-electron chi connectivity index (χ3n) is 1.55. The molecular weight excluding hydrogens is 331 g/mol. The standard InChI is InChI=1S/C9H8BrIO/c1-2-9(12)7-5-6(10)3-4-8(7)11/h3-5H,2H2,1H3. The maximum Gasteiger partial charge on any atom is 0.163 e. The van der Waals surface area contributed by atoms with Crippen LogP contribution in [0.1, 0.15) is 23.7 Å². The molecule has 0 fully saturated rings. The molecule has 0 aromatic heterocycles. The number of halogens is 2. The van der Waals surface area contributed by atoms with Gasteiger partial charge in [-0.05, 0) is 40.8 Å². The molecule has 0 saturated carbocycles. The van der Waals surface area contributed by atoms with Crippen LogP contribution in [-0.2, 0) is 0 Å². The summed E-state index contributed by atoms with van der Waals surface area (Å²) in [5.74, 6) is 0.195. The fraction of sp³-hybridized carbons (Fsp3) is 0.222. The average Bonchev–Trinajstić information content (AvgIpc) is 2.08. The van der Waals surface area contributed by atoms with Crippen molar-refractivity contribution in [3.8, 4) is 0 Å². The first-order valence-corrected chi connectivity index (χ1v) is 5.50. The van der Waals surface area contributed by atoms with Crippen LogP contribution in [0.2, 0.25) is 0 Å². The highest BCUT2D eigenvalue weighted by atomic mass is 127. The molecule has 1 rings (SSSR count). The molecule has 12 heavy (non-hydrogen) atoms. The number of carbonyl (C=O) groups is 1. The summed E-state index contributed by atoms with van der Waals surface area (Å²) < 4.78 is 1.97. The summed E-state index contributed by atoms with van der Waals surface area (Å²) >= 11 is 5.51. The Morgan fingerprint density at radius 2 is 2.25 bits per heavy atom. The lowest BCUT2D eigenvalue weighted by atomic mass is 10.1. The number of ketones is 1. The van der Waals surface area contributed by atoms with Crippen LogP contribution >= 0.6 is 38.5 Å². The summed E-state index contributed by atoms with van der Waals surface area (Å²) in [6.45, 7) is 1.87. The quantitative estimate of drug-likeness (QED) is 0.594. The molecule has 0 amide bonds. The summed E-state index contributed by atoms with van der Waals surface area (Å²) in [5, 5.41) is 0. The van der Waals surface area contributed by atoms with E-state index in [1.807, 2.05) is 25.1 Å². The lowest BCUT2D eigenvalue weighted by molar-refractivity contribution is 0.0987. The first-order valence-electron chi connectivity index (χ1n) is 3.63. The van der Waals surface area contributed by atoms with Gasteiger partial charge in [-0.15, -0.1) is 0 Å². The number of carbonyl (C=O) groups excluding carboxylic acids is 1. The molecule has 0 N–H and O–H groups in total. The number of rotatable bonds is 2. The zero-order valence-electron chi connectivity index (χ0n) is 6.60. The van der Waals surface area contributed by atoms with E-state index in [1.54, 1.807) is 0 Å². The Labute approximate surface area is 93.8 Å². The van der Waals surface area contributed by atoms with Crippen molar-refractivity contribution in [1.29, 1.82) is 0 Å². The van der Waals surface area contributed by atoms with Crippen LogP contribution < -0.4 is 0 Å². The van der Waals surface area contributed by atoms with E-state index in [-0.39, 0.29) is 5.78 Å². The number of hydrogen-bond acceptors (Lipinski definition) is 1. The SMILES string of the molecule is CCC(=O)c1cc(Br)ccc1I. The maximum absolute atomic E-state index is 11.4. The molecule has 0 heterocycles. The summed E-state index contributed by atoms with van der Waals surface area (Å²) in [7, 11) is 0. The molecule has 0 radical (unpaired) electrons. The number of benzene rings is 1. The first kappa shape index (κ1) is 10.2. The van der Waals surface area contributed by atoms with Gasteiger partial charge in [-0.2, -0.15) is 0 Å². The summed E-state index contributed by atoms with van der Waals surface area (Å²) in [6, 6.07) is 5.75. The Bertz CT molecular complexity index is 309. The number of Topliss-reactive ketones (excluding diaryl/α,β-unsaturated/α-hetero) is 1. The highest BCUT2D eigenvalue weighted by molar-refractivity contribution is 14.1. The zero-order chi connectivity index (χ0) is 9.14. The van der Waals surface area contributed by atoms with Crippen molar-refractivity contribution in [2.75, 3.05) is 0 Å². The van der Waals surface area contributed by atoms with E-state index in [1.165, 1.54) is 0 Å². The molecule has 3 heteroatoms. The smallest absolute Gasteiger partial charge is 0.163 e. The molecule has 1 aromatic carbocycles. The van der Waals surface area contributed by atoms with Gasteiger partial charge in [0.05, 0.1) is 0 Å². The van der Waals surface area contributed by atoms with Crippen LogP contribution in [0.4, 0.5) is 0 Å². The fourth-order valence-corrected chi connectivity index (χ4v) is 1.90. The molecule has 0 aliphatic heterocycles. The highest BCUT2D eigenvalue weighted by Gasteiger charge is 2.07. The molecule has 64 valence electrons. The Kier molecular flexibility index (Phi) is 3.71. The van der Waals surface area contributed by atoms with Gasteiger partial charge in [-0.1, -0.05) is 22.9 Å². The van der Waals surface area contributed by atoms with E-state index < -0.39 is 0 Å². The minimum absolute atomic E-state index is 0.195. The van der Waals surface area contributed by atoms with Crippen molar-refractivity contribution in [2.45, 2.75) is 13.3 Å². The molecular formula is C9H8BrIO. The van der Waals surface area contributed by atoms with Crippen LogP contribution in [0.25, 0.3) is 0 Å². The number of hydrogen-bond donors (Lipinski definition) is 0. The van der Waals surface area contributed by atoms with Crippen molar-refractivity contribution in [3.05, 3.63) is 31.8 Å². The lowest BCUT2D eigenvalue weighted by Gasteiger charge is -2.01. The first-order chi connectivity index (χ1) is 5.65. The second-order valence-corrected chi connectivity index (χ2v) is 4.48. The molecule has 0 aliphatic rings. The third kappa shape index (κ3) is 2.29. The van der Waals surface area contributed by atoms with E-state index >= 15 is 0 Å². The lowest BCUT2D eigenvalue weighted by Crippen LogP contribution is -1.99. The zero-order valence-corrected chi connectivity index (χ0v) is 10.3. The predicted octanol–water partition coefficient (Wildman–Crippen LogP) is 3.65. The van der Waals surface area contributed by atoms with Gasteiger partial charge in [-0.3, -0.25) is 4.79 Å². The third-order valence-corrected chi connectivity index (χ3v) is 2.98. The average molecular weight is 339 g/mol. The van der Waals surface area contributed by atoms with Crippen LogP contribution in [0.15, 0.2) is 22.7 Å². The molecule has 0 atom stereocenters. The predicted molar refractivity (Wildman–Crippen MR) is 61.5 cm³/mol. The summed E-state index contributed by atoms with van der Waals surface area (Å²) in [5.41, 5.74) is 0.812. The van der Waals surface area contributed by atoms with Crippen LogP contribution in [-0.4, -0.2) is 5.78 Å². The largest absolute Gasteiger partial charge is 0.294 e. The van der Waals surface area contributed by atoms with E-state index in [4.69, 9.17) is 0 Å². The van der Waals surface area contributed by atoms with Gasteiger partial charge in [0, 0.05) is 20.0 Å². The monoisotopic (exact) mass is 338 g/mol. The minimum Gasteiger partial charge on any atom is -0.294 e. The topological polar surface area (TPSA) is 17.1 Å². The highest BCUT2D eigenvalue weighted by Crippen LogP contribution is 2.19.